The van der Waals surface area contributed by atoms with Gasteiger partial charge in [-0.15, -0.1) is 0 Å². The molecule has 0 radical (unpaired) electrons. The fourth-order valence-corrected chi connectivity index (χ4v) is 3.02. The van der Waals surface area contributed by atoms with E-state index in [9.17, 15) is 14.4 Å². The number of carbonyl (C=O) groups is 2. The number of aromatic nitrogens is 3. The van der Waals surface area contributed by atoms with Crippen LogP contribution in [0, 0.1) is 0 Å². The zero-order valence-electron chi connectivity index (χ0n) is 14.0. The molecule has 27 heavy (non-hydrogen) atoms. The van der Waals surface area contributed by atoms with Gasteiger partial charge in [0.15, 0.2) is 5.82 Å². The number of halogens is 1. The molecule has 0 spiro atoms. The van der Waals surface area contributed by atoms with Gasteiger partial charge < -0.3 is 5.32 Å². The number of anilines is 2. The average Bonchev–Trinajstić information content (AvgIpc) is 3.13. The van der Waals surface area contributed by atoms with Gasteiger partial charge in [-0.2, -0.15) is 9.67 Å². The normalized spacial score (nSPS) is 12.9. The maximum absolute atomic E-state index is 12.8. The molecule has 1 aliphatic rings. The molecule has 1 aliphatic heterocycles. The van der Waals surface area contributed by atoms with Gasteiger partial charge in [0.25, 0.3) is 0 Å². The van der Waals surface area contributed by atoms with E-state index in [0.29, 0.717) is 16.4 Å². The average molecular weight is 384 g/mol. The van der Waals surface area contributed by atoms with Crippen molar-refractivity contribution in [3.8, 4) is 0 Å². The van der Waals surface area contributed by atoms with E-state index in [-0.39, 0.29) is 18.9 Å². The van der Waals surface area contributed by atoms with Gasteiger partial charge >= 0.3 is 11.7 Å². The lowest BCUT2D eigenvalue weighted by atomic mass is 10.3. The first-order valence-corrected chi connectivity index (χ1v) is 8.52. The molecule has 0 aliphatic carbocycles. The molecule has 136 valence electrons. The fourth-order valence-electron chi connectivity index (χ4n) is 2.90. The number of fused-ring (bicyclic) bond motifs is 1. The van der Waals surface area contributed by atoms with E-state index < -0.39 is 17.6 Å². The van der Waals surface area contributed by atoms with Crippen LogP contribution < -0.4 is 15.9 Å². The summed E-state index contributed by atoms with van der Waals surface area (Å²) in [6.07, 6.45) is 0. The number of nitrogens with one attached hydrogen (secondary N) is 1. The number of hydrogen-bond donors (Lipinski definition) is 1. The van der Waals surface area contributed by atoms with Crippen LogP contribution in [0.4, 0.5) is 16.2 Å². The molecule has 0 saturated carbocycles. The number of rotatable bonds is 4. The number of hydrogen-bond acceptors (Lipinski definition) is 4. The van der Waals surface area contributed by atoms with Crippen LogP contribution >= 0.6 is 11.6 Å². The van der Waals surface area contributed by atoms with E-state index in [1.165, 1.54) is 4.90 Å². The van der Waals surface area contributed by atoms with Gasteiger partial charge in [0.2, 0.25) is 5.91 Å². The minimum Gasteiger partial charge on any atom is -0.324 e. The maximum Gasteiger partial charge on any atom is 0.365 e. The van der Waals surface area contributed by atoms with E-state index in [0.717, 1.165) is 9.36 Å². The van der Waals surface area contributed by atoms with E-state index >= 15 is 0 Å². The lowest BCUT2D eigenvalue weighted by Crippen LogP contribution is -2.36. The van der Waals surface area contributed by atoms with Crippen LogP contribution in [0.25, 0.3) is 0 Å². The highest BCUT2D eigenvalue weighted by Gasteiger charge is 2.33. The second-order valence-electron chi connectivity index (χ2n) is 5.94. The highest BCUT2D eigenvalue weighted by atomic mass is 35.5. The van der Waals surface area contributed by atoms with Crippen molar-refractivity contribution in [1.29, 1.82) is 0 Å². The SMILES string of the molecule is O=C(Cn1c(=O)nc2n1C(=O)N(c1ccc(Cl)cc1)C2)Nc1ccccc1. The van der Waals surface area contributed by atoms with Gasteiger partial charge in [-0.05, 0) is 36.4 Å². The summed E-state index contributed by atoms with van der Waals surface area (Å²) in [6.45, 7) is -0.177. The number of nitrogens with zero attached hydrogens (tertiary/aromatic N) is 4. The van der Waals surface area contributed by atoms with Crippen LogP contribution in [0.1, 0.15) is 5.82 Å². The molecule has 0 bridgehead atoms. The second-order valence-corrected chi connectivity index (χ2v) is 6.38. The summed E-state index contributed by atoms with van der Waals surface area (Å²) < 4.78 is 2.17. The third kappa shape index (κ3) is 3.22. The number of amides is 2. The van der Waals surface area contributed by atoms with Gasteiger partial charge in [-0.25, -0.2) is 14.3 Å². The third-order valence-electron chi connectivity index (χ3n) is 4.13. The molecule has 1 aromatic heterocycles. The van der Waals surface area contributed by atoms with Gasteiger partial charge in [0.1, 0.15) is 6.54 Å². The van der Waals surface area contributed by atoms with Crippen LogP contribution in [0.15, 0.2) is 59.4 Å². The standard InChI is InChI=1S/C18H14ClN5O3/c19-12-6-8-14(9-7-12)22-10-15-21-17(26)23(24(15)18(22)27)11-16(25)20-13-4-2-1-3-5-13/h1-9H,10-11H2,(H,20,25). The predicted molar refractivity (Wildman–Crippen MR) is 100.0 cm³/mol. The monoisotopic (exact) mass is 383 g/mol. The first kappa shape index (κ1) is 17.0. The van der Waals surface area contributed by atoms with Gasteiger partial charge in [0.05, 0.1) is 6.54 Å². The zero-order chi connectivity index (χ0) is 19.0. The Morgan fingerprint density at radius 3 is 2.48 bits per heavy atom. The summed E-state index contributed by atoms with van der Waals surface area (Å²) >= 11 is 5.88. The van der Waals surface area contributed by atoms with Gasteiger partial charge in [0, 0.05) is 16.4 Å². The molecular formula is C18H14ClN5O3. The second kappa shape index (κ2) is 6.73. The van der Waals surface area contributed by atoms with Gasteiger partial charge in [-0.1, -0.05) is 29.8 Å². The molecule has 0 atom stereocenters. The van der Waals surface area contributed by atoms with E-state index in [2.05, 4.69) is 10.3 Å². The fraction of sp³-hybridized carbons (Fsp3) is 0.111. The Kier molecular flexibility index (Phi) is 4.25. The predicted octanol–water partition coefficient (Wildman–Crippen LogP) is 2.33. The first-order chi connectivity index (χ1) is 13.0. The molecule has 0 fully saturated rings. The Morgan fingerprint density at radius 2 is 1.78 bits per heavy atom. The Labute approximate surface area is 158 Å². The number of carbonyl (C=O) groups excluding carboxylic acids is 2. The van der Waals surface area contributed by atoms with Crippen LogP contribution in [-0.4, -0.2) is 26.3 Å². The van der Waals surface area contributed by atoms with Crippen molar-refractivity contribution in [1.82, 2.24) is 14.3 Å². The van der Waals surface area contributed by atoms with Crippen molar-refractivity contribution in [2.24, 2.45) is 0 Å². The molecule has 2 aromatic carbocycles. The van der Waals surface area contributed by atoms with Crippen LogP contribution in [-0.2, 0) is 17.9 Å². The lowest BCUT2D eigenvalue weighted by molar-refractivity contribution is -0.117. The van der Waals surface area contributed by atoms with Crippen LogP contribution in [0.3, 0.4) is 0 Å². The summed E-state index contributed by atoms with van der Waals surface area (Å²) in [5.74, 6) is -0.142. The van der Waals surface area contributed by atoms with Crippen molar-refractivity contribution < 1.29 is 9.59 Å². The molecule has 8 nitrogen and oxygen atoms in total. The molecule has 3 aromatic rings. The molecule has 2 amide bonds. The zero-order valence-corrected chi connectivity index (χ0v) is 14.8. The molecule has 1 N–H and O–H groups in total. The highest BCUT2D eigenvalue weighted by molar-refractivity contribution is 6.30. The number of para-hydroxylation sites is 1. The Bertz CT molecular complexity index is 1070. The van der Waals surface area contributed by atoms with Crippen LogP contribution in [0.5, 0.6) is 0 Å². The smallest absolute Gasteiger partial charge is 0.324 e. The highest BCUT2D eigenvalue weighted by Crippen LogP contribution is 2.24. The molecule has 2 heterocycles. The van der Waals surface area contributed by atoms with Gasteiger partial charge in [-0.3, -0.25) is 9.69 Å². The lowest BCUT2D eigenvalue weighted by Gasteiger charge is -2.15. The summed E-state index contributed by atoms with van der Waals surface area (Å²) in [5.41, 5.74) is 0.589. The Hall–Kier alpha value is -3.39. The molecule has 9 heteroatoms. The maximum atomic E-state index is 12.8. The molecule has 0 saturated heterocycles. The van der Waals surface area contributed by atoms with E-state index in [1.54, 1.807) is 48.5 Å². The molecule has 4 rings (SSSR count). The summed E-state index contributed by atoms with van der Waals surface area (Å²) in [6, 6.07) is 15.2. The van der Waals surface area contributed by atoms with Crippen molar-refractivity contribution in [2.45, 2.75) is 13.1 Å². The van der Waals surface area contributed by atoms with Crippen molar-refractivity contribution >= 4 is 34.9 Å². The minimum atomic E-state index is -0.641. The summed E-state index contributed by atoms with van der Waals surface area (Å²) in [4.78, 5) is 42.6. The first-order valence-electron chi connectivity index (χ1n) is 8.14. The van der Waals surface area contributed by atoms with E-state index in [1.807, 2.05) is 6.07 Å². The molecule has 0 unspecified atom stereocenters. The Balaban J connectivity index is 1.57. The summed E-state index contributed by atoms with van der Waals surface area (Å²) in [5, 5.41) is 3.24. The third-order valence-corrected chi connectivity index (χ3v) is 4.38. The van der Waals surface area contributed by atoms with E-state index in [4.69, 9.17) is 11.6 Å². The quantitative estimate of drug-likeness (QED) is 0.748. The van der Waals surface area contributed by atoms with Crippen LogP contribution in [0.2, 0.25) is 5.02 Å². The minimum absolute atomic E-state index is 0.142. The van der Waals surface area contributed by atoms with Crippen molar-refractivity contribution in [2.75, 3.05) is 10.2 Å². The Morgan fingerprint density at radius 1 is 1.07 bits per heavy atom. The number of benzene rings is 2. The summed E-state index contributed by atoms with van der Waals surface area (Å²) in [7, 11) is 0. The topological polar surface area (TPSA) is 89.2 Å². The largest absolute Gasteiger partial charge is 0.365 e. The molecular weight excluding hydrogens is 370 g/mol. The van der Waals surface area contributed by atoms with Crippen molar-refractivity contribution in [3.63, 3.8) is 0 Å². The van der Waals surface area contributed by atoms with Crippen molar-refractivity contribution in [3.05, 3.63) is 75.9 Å².